The van der Waals surface area contributed by atoms with Crippen LogP contribution in [0, 0.1) is 0 Å². The molecule has 0 bridgehead atoms. The van der Waals surface area contributed by atoms with E-state index in [0.29, 0.717) is 0 Å². The standard InChI is InChI=1S/C17H25ClN2O.ClH/c1-19-12-5-13-20-16(21)17(10-3-2-4-11-17)14-6-8-15(18)9-7-14;/h6-9,19H,2-5,10-13H2,1H3,(H,20,21);1H. The summed E-state index contributed by atoms with van der Waals surface area (Å²) in [6, 6.07) is 7.81. The molecule has 1 saturated carbocycles. The van der Waals surface area contributed by atoms with Gasteiger partial charge in [0.1, 0.15) is 0 Å². The molecule has 1 aromatic carbocycles. The fourth-order valence-corrected chi connectivity index (χ4v) is 3.33. The van der Waals surface area contributed by atoms with Crippen LogP contribution in [0.1, 0.15) is 44.1 Å². The fourth-order valence-electron chi connectivity index (χ4n) is 3.21. The Kier molecular flexibility index (Phi) is 8.23. The van der Waals surface area contributed by atoms with Crippen molar-refractivity contribution in [1.82, 2.24) is 10.6 Å². The first-order valence-electron chi connectivity index (χ1n) is 7.88. The van der Waals surface area contributed by atoms with Crippen molar-refractivity contribution in [2.45, 2.75) is 43.9 Å². The Hall–Kier alpha value is -0.770. The van der Waals surface area contributed by atoms with Gasteiger partial charge >= 0.3 is 0 Å². The van der Waals surface area contributed by atoms with E-state index in [1.165, 1.54) is 6.42 Å². The van der Waals surface area contributed by atoms with Gasteiger partial charge in [-0.15, -0.1) is 12.4 Å². The summed E-state index contributed by atoms with van der Waals surface area (Å²) in [5.41, 5.74) is 0.750. The van der Waals surface area contributed by atoms with Crippen LogP contribution in [0.5, 0.6) is 0 Å². The largest absolute Gasteiger partial charge is 0.355 e. The number of benzene rings is 1. The fraction of sp³-hybridized carbons (Fsp3) is 0.588. The maximum atomic E-state index is 12.8. The van der Waals surface area contributed by atoms with Crippen molar-refractivity contribution < 1.29 is 4.79 Å². The van der Waals surface area contributed by atoms with Gasteiger partial charge in [0.15, 0.2) is 0 Å². The molecule has 1 aromatic rings. The van der Waals surface area contributed by atoms with Crippen LogP contribution in [-0.2, 0) is 10.2 Å². The van der Waals surface area contributed by atoms with E-state index in [9.17, 15) is 4.79 Å². The van der Waals surface area contributed by atoms with Crippen LogP contribution >= 0.6 is 24.0 Å². The van der Waals surface area contributed by atoms with Crippen LogP contribution in [0.4, 0.5) is 0 Å². The summed E-state index contributed by atoms with van der Waals surface area (Å²) in [6.07, 6.45) is 6.29. The van der Waals surface area contributed by atoms with E-state index in [1.54, 1.807) is 0 Å². The lowest BCUT2D eigenvalue weighted by Gasteiger charge is -2.36. The van der Waals surface area contributed by atoms with Gasteiger partial charge in [-0.25, -0.2) is 0 Å². The van der Waals surface area contributed by atoms with E-state index in [-0.39, 0.29) is 23.7 Å². The van der Waals surface area contributed by atoms with E-state index in [0.717, 1.165) is 55.8 Å². The van der Waals surface area contributed by atoms with Gasteiger partial charge in [-0.3, -0.25) is 4.79 Å². The minimum atomic E-state index is -0.359. The molecule has 2 rings (SSSR count). The molecule has 0 spiro atoms. The summed E-state index contributed by atoms with van der Waals surface area (Å²) in [5.74, 6) is 0.181. The molecule has 1 fully saturated rings. The zero-order chi connectivity index (χ0) is 15.1. The molecule has 22 heavy (non-hydrogen) atoms. The van der Waals surface area contributed by atoms with Crippen molar-refractivity contribution in [2.75, 3.05) is 20.1 Å². The number of hydrogen-bond acceptors (Lipinski definition) is 2. The average Bonchev–Trinajstić information content (AvgIpc) is 2.52. The molecule has 5 heteroatoms. The maximum Gasteiger partial charge on any atom is 0.230 e. The summed E-state index contributed by atoms with van der Waals surface area (Å²) in [6.45, 7) is 1.66. The number of rotatable bonds is 6. The van der Waals surface area contributed by atoms with Gasteiger partial charge < -0.3 is 10.6 Å². The van der Waals surface area contributed by atoms with E-state index in [2.05, 4.69) is 10.6 Å². The molecule has 3 nitrogen and oxygen atoms in total. The molecule has 0 unspecified atom stereocenters. The smallest absolute Gasteiger partial charge is 0.230 e. The third-order valence-corrected chi connectivity index (χ3v) is 4.68. The summed E-state index contributed by atoms with van der Waals surface area (Å²) in [5, 5.41) is 6.95. The van der Waals surface area contributed by atoms with Crippen LogP contribution in [0.3, 0.4) is 0 Å². The van der Waals surface area contributed by atoms with Gasteiger partial charge in [0.2, 0.25) is 5.91 Å². The molecule has 124 valence electrons. The van der Waals surface area contributed by atoms with Crippen molar-refractivity contribution in [3.63, 3.8) is 0 Å². The summed E-state index contributed by atoms with van der Waals surface area (Å²) < 4.78 is 0. The molecule has 0 heterocycles. The highest BCUT2D eigenvalue weighted by Crippen LogP contribution is 2.40. The van der Waals surface area contributed by atoms with Crippen LogP contribution in [0.25, 0.3) is 0 Å². The van der Waals surface area contributed by atoms with Gasteiger partial charge in [-0.2, -0.15) is 0 Å². The Bertz CT molecular complexity index is 456. The van der Waals surface area contributed by atoms with E-state index in [4.69, 9.17) is 11.6 Å². The maximum absolute atomic E-state index is 12.8. The normalized spacial score (nSPS) is 16.6. The van der Waals surface area contributed by atoms with Gasteiger partial charge in [-0.1, -0.05) is 43.0 Å². The Morgan fingerprint density at radius 2 is 1.77 bits per heavy atom. The lowest BCUT2D eigenvalue weighted by molar-refractivity contribution is -0.128. The third-order valence-electron chi connectivity index (χ3n) is 4.43. The Morgan fingerprint density at radius 1 is 1.14 bits per heavy atom. The van der Waals surface area contributed by atoms with Crippen LogP contribution < -0.4 is 10.6 Å². The molecule has 2 N–H and O–H groups in total. The molecule has 0 aromatic heterocycles. The highest BCUT2D eigenvalue weighted by Gasteiger charge is 2.40. The predicted octanol–water partition coefficient (Wildman–Crippen LogP) is 3.69. The number of carbonyl (C=O) groups excluding carboxylic acids is 1. The Balaban J connectivity index is 0.00000242. The zero-order valence-corrected chi connectivity index (χ0v) is 14.7. The van der Waals surface area contributed by atoms with Gasteiger partial charge in [0, 0.05) is 11.6 Å². The number of halogens is 2. The van der Waals surface area contributed by atoms with Gasteiger partial charge in [0.25, 0.3) is 0 Å². The Labute approximate surface area is 144 Å². The van der Waals surface area contributed by atoms with E-state index in [1.807, 2.05) is 31.3 Å². The molecule has 0 radical (unpaired) electrons. The quantitative estimate of drug-likeness (QED) is 0.772. The topological polar surface area (TPSA) is 41.1 Å². The summed E-state index contributed by atoms with van der Waals surface area (Å²) >= 11 is 5.99. The van der Waals surface area contributed by atoms with E-state index < -0.39 is 0 Å². The van der Waals surface area contributed by atoms with Gasteiger partial charge in [-0.05, 0) is 50.6 Å². The van der Waals surface area contributed by atoms with Crippen molar-refractivity contribution in [3.05, 3.63) is 34.9 Å². The first-order valence-corrected chi connectivity index (χ1v) is 8.26. The van der Waals surface area contributed by atoms with E-state index >= 15 is 0 Å². The minimum Gasteiger partial charge on any atom is -0.355 e. The number of hydrogen-bond donors (Lipinski definition) is 2. The summed E-state index contributed by atoms with van der Waals surface area (Å²) in [7, 11) is 1.93. The van der Waals surface area contributed by atoms with Crippen LogP contribution in [0.2, 0.25) is 5.02 Å². The lowest BCUT2D eigenvalue weighted by atomic mass is 9.68. The number of nitrogens with one attached hydrogen (secondary N) is 2. The number of amides is 1. The lowest BCUT2D eigenvalue weighted by Crippen LogP contribution is -2.46. The van der Waals surface area contributed by atoms with Crippen LogP contribution in [-0.4, -0.2) is 26.0 Å². The Morgan fingerprint density at radius 3 is 2.36 bits per heavy atom. The van der Waals surface area contributed by atoms with Crippen molar-refractivity contribution in [2.24, 2.45) is 0 Å². The molecule has 1 aliphatic carbocycles. The monoisotopic (exact) mass is 344 g/mol. The van der Waals surface area contributed by atoms with Crippen LogP contribution in [0.15, 0.2) is 24.3 Å². The second-order valence-electron chi connectivity index (χ2n) is 5.86. The van der Waals surface area contributed by atoms with Crippen molar-refractivity contribution in [1.29, 1.82) is 0 Å². The first kappa shape index (κ1) is 19.3. The zero-order valence-electron chi connectivity index (χ0n) is 13.2. The summed E-state index contributed by atoms with van der Waals surface area (Å²) in [4.78, 5) is 12.8. The SMILES string of the molecule is CNCCCNC(=O)C1(c2ccc(Cl)cc2)CCCCC1.Cl. The molecular weight excluding hydrogens is 319 g/mol. The van der Waals surface area contributed by atoms with Crippen molar-refractivity contribution >= 4 is 29.9 Å². The second kappa shape index (κ2) is 9.39. The molecule has 0 saturated heterocycles. The predicted molar refractivity (Wildman–Crippen MR) is 95.0 cm³/mol. The first-order chi connectivity index (χ1) is 10.2. The number of carbonyl (C=O) groups is 1. The minimum absolute atomic E-state index is 0. The molecule has 1 amide bonds. The molecule has 1 aliphatic rings. The van der Waals surface area contributed by atoms with Gasteiger partial charge in [0.05, 0.1) is 5.41 Å². The highest BCUT2D eigenvalue weighted by atomic mass is 35.5. The van der Waals surface area contributed by atoms with Crippen molar-refractivity contribution in [3.8, 4) is 0 Å². The highest BCUT2D eigenvalue weighted by molar-refractivity contribution is 6.30. The molecular formula is C17H26Cl2N2O. The molecule has 0 aliphatic heterocycles. The second-order valence-corrected chi connectivity index (χ2v) is 6.30. The third kappa shape index (κ3) is 4.61. The molecule has 0 atom stereocenters. The average molecular weight is 345 g/mol.